The molecule has 1 N–H and O–H groups in total. The van der Waals surface area contributed by atoms with E-state index in [0.717, 1.165) is 37.3 Å². The van der Waals surface area contributed by atoms with Crippen molar-refractivity contribution in [2.45, 2.75) is 44.3 Å². The molecule has 0 saturated carbocycles. The minimum Gasteiger partial charge on any atom is -0.384 e. The van der Waals surface area contributed by atoms with Gasteiger partial charge in [0.15, 0.2) is 0 Å². The first-order valence-electron chi connectivity index (χ1n) is 9.55. The zero-order valence-electron chi connectivity index (χ0n) is 14.8. The van der Waals surface area contributed by atoms with Crippen molar-refractivity contribution < 1.29 is 9.84 Å². The summed E-state index contributed by atoms with van der Waals surface area (Å²) in [4.78, 5) is 6.88. The van der Waals surface area contributed by atoms with Gasteiger partial charge in [0.2, 0.25) is 0 Å². The van der Waals surface area contributed by atoms with Gasteiger partial charge in [0.05, 0.1) is 0 Å². The minimum atomic E-state index is -0.0664. The number of ether oxygens (including phenoxy) is 1. The van der Waals surface area contributed by atoms with Crippen molar-refractivity contribution in [3.05, 3.63) is 21.9 Å². The maximum Gasteiger partial charge on any atom is 0.104 e. The third-order valence-electron chi connectivity index (χ3n) is 5.89. The highest BCUT2D eigenvalue weighted by molar-refractivity contribution is 7.10. The fourth-order valence-electron chi connectivity index (χ4n) is 4.63. The van der Waals surface area contributed by atoms with Crippen LogP contribution in [0.25, 0.3) is 0 Å². The minimum absolute atomic E-state index is 0.0664. The highest BCUT2D eigenvalue weighted by Gasteiger charge is 2.37. The van der Waals surface area contributed by atoms with E-state index in [0.29, 0.717) is 6.04 Å². The highest BCUT2D eigenvalue weighted by atomic mass is 32.1. The molecule has 1 aromatic heterocycles. The van der Waals surface area contributed by atoms with E-state index in [1.54, 1.807) is 11.3 Å². The van der Waals surface area contributed by atoms with Gasteiger partial charge in [0.1, 0.15) is 6.61 Å². The smallest absolute Gasteiger partial charge is 0.104 e. The third kappa shape index (κ3) is 4.27. The molecular weight excluding hydrogens is 332 g/mol. The molecule has 4 fully saturated rings. The lowest BCUT2D eigenvalue weighted by Gasteiger charge is -2.36. The maximum absolute atomic E-state index is 8.84. The van der Waals surface area contributed by atoms with Crippen molar-refractivity contribution in [3.8, 4) is 11.8 Å². The number of thiophene rings is 1. The van der Waals surface area contributed by atoms with Crippen LogP contribution in [0.5, 0.6) is 0 Å². The van der Waals surface area contributed by atoms with Crippen molar-refractivity contribution in [1.29, 1.82) is 0 Å². The molecule has 136 valence electrons. The topological polar surface area (TPSA) is 35.9 Å². The molecule has 0 spiro atoms. The molecule has 0 radical (unpaired) electrons. The number of rotatable bonds is 3. The number of hydrogen-bond donors (Lipinski definition) is 1. The van der Waals surface area contributed by atoms with Crippen LogP contribution in [0.3, 0.4) is 0 Å². The summed E-state index contributed by atoms with van der Waals surface area (Å²) in [5, 5.41) is 11.0. The molecule has 0 aliphatic carbocycles. The van der Waals surface area contributed by atoms with Gasteiger partial charge in [-0.3, -0.25) is 9.80 Å². The molecule has 0 amide bonds. The summed E-state index contributed by atoms with van der Waals surface area (Å²) in [5.74, 6) is 6.58. The molecular formula is C20H28N2O2S. The van der Waals surface area contributed by atoms with E-state index in [4.69, 9.17) is 9.84 Å². The largest absolute Gasteiger partial charge is 0.384 e. The van der Waals surface area contributed by atoms with Gasteiger partial charge in [-0.2, -0.15) is 0 Å². The lowest BCUT2D eigenvalue weighted by atomic mass is 9.95. The Morgan fingerprint density at radius 2 is 2.00 bits per heavy atom. The zero-order chi connectivity index (χ0) is 17.1. The predicted molar refractivity (Wildman–Crippen MR) is 101 cm³/mol. The summed E-state index contributed by atoms with van der Waals surface area (Å²) < 4.78 is 5.56. The normalized spacial score (nSPS) is 28.5. The van der Waals surface area contributed by atoms with E-state index in [2.05, 4.69) is 33.1 Å². The number of piperidine rings is 1. The van der Waals surface area contributed by atoms with Gasteiger partial charge in [0, 0.05) is 67.3 Å². The molecule has 5 heterocycles. The van der Waals surface area contributed by atoms with E-state index >= 15 is 0 Å². The van der Waals surface area contributed by atoms with Crippen LogP contribution in [0.1, 0.15) is 36.1 Å². The summed E-state index contributed by atoms with van der Waals surface area (Å²) in [6.45, 7) is 6.59. The fraction of sp³-hybridized carbons (Fsp3) is 0.700. The van der Waals surface area contributed by atoms with Crippen LogP contribution in [-0.2, 0) is 11.3 Å². The molecule has 5 heteroatoms. The van der Waals surface area contributed by atoms with Crippen LogP contribution in [0, 0.1) is 17.8 Å². The van der Waals surface area contributed by atoms with E-state index < -0.39 is 0 Å². The molecule has 4 saturated heterocycles. The van der Waals surface area contributed by atoms with Gasteiger partial charge < -0.3 is 9.84 Å². The Morgan fingerprint density at radius 1 is 1.12 bits per heavy atom. The SMILES string of the molecule is OCC#Cc1csc(CN2C[C@@H]3CC[C@H]2CN(C2CCOCC2)C3)c1. The molecule has 5 rings (SSSR count). The molecule has 4 nitrogen and oxygen atoms in total. The first-order valence-corrected chi connectivity index (χ1v) is 10.4. The van der Waals surface area contributed by atoms with Gasteiger partial charge in [0.25, 0.3) is 0 Å². The van der Waals surface area contributed by atoms with E-state index in [-0.39, 0.29) is 6.61 Å². The van der Waals surface area contributed by atoms with Crippen molar-refractivity contribution in [2.24, 2.45) is 5.92 Å². The van der Waals surface area contributed by atoms with Crippen molar-refractivity contribution in [1.82, 2.24) is 9.80 Å². The van der Waals surface area contributed by atoms with Crippen LogP contribution < -0.4 is 0 Å². The number of aliphatic hydroxyl groups excluding tert-OH is 1. The Balaban J connectivity index is 1.41. The van der Waals surface area contributed by atoms with E-state index in [1.165, 1.54) is 50.2 Å². The Bertz CT molecular complexity index is 629. The molecule has 2 bridgehead atoms. The predicted octanol–water partition coefficient (Wildman–Crippen LogP) is 2.17. The van der Waals surface area contributed by atoms with Gasteiger partial charge in [-0.05, 0) is 37.7 Å². The number of fused-ring (bicyclic) bond motifs is 4. The highest BCUT2D eigenvalue weighted by Crippen LogP contribution is 2.32. The summed E-state index contributed by atoms with van der Waals surface area (Å²) in [5.41, 5.74) is 1.04. The summed E-state index contributed by atoms with van der Waals surface area (Å²) in [6, 6.07) is 3.62. The van der Waals surface area contributed by atoms with Gasteiger partial charge >= 0.3 is 0 Å². The van der Waals surface area contributed by atoms with Crippen LogP contribution in [0.15, 0.2) is 11.4 Å². The Morgan fingerprint density at radius 3 is 2.84 bits per heavy atom. The van der Waals surface area contributed by atoms with Crippen molar-refractivity contribution >= 4 is 11.3 Å². The molecule has 2 atom stereocenters. The summed E-state index contributed by atoms with van der Waals surface area (Å²) in [6.07, 6.45) is 5.14. The second-order valence-electron chi connectivity index (χ2n) is 7.59. The van der Waals surface area contributed by atoms with E-state index in [9.17, 15) is 0 Å². The van der Waals surface area contributed by atoms with Gasteiger partial charge in [-0.15, -0.1) is 11.3 Å². The van der Waals surface area contributed by atoms with Gasteiger partial charge in [-0.25, -0.2) is 0 Å². The second-order valence-corrected chi connectivity index (χ2v) is 8.58. The Labute approximate surface area is 154 Å². The summed E-state index contributed by atoms with van der Waals surface area (Å²) >= 11 is 1.80. The fourth-order valence-corrected chi connectivity index (χ4v) is 5.47. The standard InChI is InChI=1S/C20H28N2O2S/c23-7-1-2-16-10-20(25-15-16)14-22-12-17-3-4-19(22)13-21(11-17)18-5-8-24-9-6-18/h10,15,17-19,23H,3-9,11-14H2/t17-,19+/m1/s1. The van der Waals surface area contributed by atoms with Crippen LogP contribution in [0.4, 0.5) is 0 Å². The Hall–Kier alpha value is -0.900. The van der Waals surface area contributed by atoms with Gasteiger partial charge in [-0.1, -0.05) is 11.8 Å². The molecule has 4 aliphatic rings. The average Bonchev–Trinajstić information content (AvgIpc) is 2.89. The number of nitrogens with zero attached hydrogens (tertiary/aromatic N) is 2. The molecule has 0 unspecified atom stereocenters. The number of aliphatic hydroxyl groups is 1. The summed E-state index contributed by atoms with van der Waals surface area (Å²) in [7, 11) is 0. The second kappa shape index (κ2) is 8.20. The molecule has 0 aromatic carbocycles. The van der Waals surface area contributed by atoms with E-state index in [1.807, 2.05) is 0 Å². The van der Waals surface area contributed by atoms with Crippen molar-refractivity contribution in [2.75, 3.05) is 39.5 Å². The maximum atomic E-state index is 8.84. The van der Waals surface area contributed by atoms with Crippen LogP contribution in [0.2, 0.25) is 0 Å². The van der Waals surface area contributed by atoms with Crippen LogP contribution >= 0.6 is 11.3 Å². The zero-order valence-corrected chi connectivity index (χ0v) is 15.6. The van der Waals surface area contributed by atoms with Crippen molar-refractivity contribution in [3.63, 3.8) is 0 Å². The average molecular weight is 361 g/mol. The lowest BCUT2D eigenvalue weighted by molar-refractivity contribution is 0.0308. The van der Waals surface area contributed by atoms with Crippen LogP contribution in [-0.4, -0.2) is 66.4 Å². The Kier molecular flexibility index (Phi) is 5.74. The first kappa shape index (κ1) is 17.5. The third-order valence-corrected chi connectivity index (χ3v) is 6.81. The molecule has 4 aliphatic heterocycles. The molecule has 1 aromatic rings. The lowest BCUT2D eigenvalue weighted by Crippen LogP contribution is -2.45. The monoisotopic (exact) mass is 360 g/mol. The first-order chi connectivity index (χ1) is 12.3. The quantitative estimate of drug-likeness (QED) is 0.838. The molecule has 25 heavy (non-hydrogen) atoms. The number of hydrogen-bond acceptors (Lipinski definition) is 5.